The molecule has 1 aromatic carbocycles. The molecule has 1 aromatic heterocycles. The molecule has 1 heterocycles. The number of hydrogen-bond donors (Lipinski definition) is 1. The van der Waals surface area contributed by atoms with Crippen LogP contribution >= 0.6 is 0 Å². The molecule has 0 fully saturated rings. The first-order valence-electron chi connectivity index (χ1n) is 5.80. The molecule has 1 unspecified atom stereocenters. The molecule has 0 spiro atoms. The van der Waals surface area contributed by atoms with E-state index >= 15 is 0 Å². The molecule has 17 heavy (non-hydrogen) atoms. The van der Waals surface area contributed by atoms with Gasteiger partial charge in [-0.3, -0.25) is 0 Å². The zero-order valence-electron chi connectivity index (χ0n) is 9.82. The van der Waals surface area contributed by atoms with Gasteiger partial charge in [0, 0.05) is 11.6 Å². The highest BCUT2D eigenvalue weighted by molar-refractivity contribution is 5.22. The van der Waals surface area contributed by atoms with Crippen LogP contribution in [0.5, 0.6) is 0 Å². The summed E-state index contributed by atoms with van der Waals surface area (Å²) in [5.41, 5.74) is 1.77. The molecular weight excluding hydrogens is 217 g/mol. The number of hydrogen-bond acceptors (Lipinski definition) is 2. The van der Waals surface area contributed by atoms with E-state index in [0.717, 1.165) is 17.7 Å². The molecule has 3 heteroatoms. The van der Waals surface area contributed by atoms with E-state index in [4.69, 9.17) is 4.42 Å². The fourth-order valence-corrected chi connectivity index (χ4v) is 1.91. The lowest BCUT2D eigenvalue weighted by Gasteiger charge is -2.16. The van der Waals surface area contributed by atoms with Crippen LogP contribution in [0.1, 0.15) is 24.1 Å². The molecular formula is C14H16FNO. The highest BCUT2D eigenvalue weighted by Crippen LogP contribution is 2.20. The number of rotatable bonds is 5. The van der Waals surface area contributed by atoms with Crippen molar-refractivity contribution in [2.24, 2.45) is 0 Å². The largest absolute Gasteiger partial charge is 0.472 e. The van der Waals surface area contributed by atoms with Gasteiger partial charge in [-0.15, -0.1) is 0 Å². The van der Waals surface area contributed by atoms with Gasteiger partial charge in [-0.2, -0.15) is 0 Å². The zero-order valence-corrected chi connectivity index (χ0v) is 9.82. The summed E-state index contributed by atoms with van der Waals surface area (Å²) in [7, 11) is 0. The van der Waals surface area contributed by atoms with Gasteiger partial charge in [0.25, 0.3) is 0 Å². The van der Waals surface area contributed by atoms with Gasteiger partial charge in [0.15, 0.2) is 0 Å². The van der Waals surface area contributed by atoms with Crippen molar-refractivity contribution < 1.29 is 8.81 Å². The van der Waals surface area contributed by atoms with E-state index in [-0.39, 0.29) is 11.9 Å². The second kappa shape index (κ2) is 5.64. The maximum Gasteiger partial charge on any atom is 0.126 e. The Kier molecular flexibility index (Phi) is 3.94. The molecule has 0 aliphatic heterocycles. The molecule has 2 nitrogen and oxygen atoms in total. The molecule has 0 radical (unpaired) electrons. The van der Waals surface area contributed by atoms with Crippen LogP contribution in [0.15, 0.2) is 47.3 Å². The number of furan rings is 1. The van der Waals surface area contributed by atoms with Crippen molar-refractivity contribution in [1.29, 1.82) is 0 Å². The Bertz CT molecular complexity index is 453. The smallest absolute Gasteiger partial charge is 0.126 e. The lowest BCUT2D eigenvalue weighted by molar-refractivity contribution is 0.512. The third-order valence-electron chi connectivity index (χ3n) is 2.78. The first-order valence-corrected chi connectivity index (χ1v) is 5.80. The number of nitrogens with one attached hydrogen (secondary N) is 1. The third-order valence-corrected chi connectivity index (χ3v) is 2.78. The van der Waals surface area contributed by atoms with Crippen LogP contribution < -0.4 is 5.32 Å². The van der Waals surface area contributed by atoms with Gasteiger partial charge in [-0.25, -0.2) is 4.39 Å². The lowest BCUT2D eigenvalue weighted by Crippen LogP contribution is -2.22. The first kappa shape index (κ1) is 11.9. The molecule has 0 saturated heterocycles. The van der Waals surface area contributed by atoms with Crippen LogP contribution in [0, 0.1) is 5.82 Å². The van der Waals surface area contributed by atoms with E-state index in [1.54, 1.807) is 18.6 Å². The SMILES string of the molecule is CCNC(Cc1ccccc1F)c1ccoc1. The predicted octanol–water partition coefficient (Wildman–Crippen LogP) is 3.31. The summed E-state index contributed by atoms with van der Waals surface area (Å²) in [4.78, 5) is 0. The minimum absolute atomic E-state index is 0.0932. The Morgan fingerprint density at radius 2 is 2.12 bits per heavy atom. The van der Waals surface area contributed by atoms with E-state index in [9.17, 15) is 4.39 Å². The summed E-state index contributed by atoms with van der Waals surface area (Å²) in [6.07, 6.45) is 3.97. The van der Waals surface area contributed by atoms with Crippen LogP contribution in [0.2, 0.25) is 0 Å². The van der Waals surface area contributed by atoms with E-state index in [0.29, 0.717) is 6.42 Å². The van der Waals surface area contributed by atoms with Crippen molar-refractivity contribution >= 4 is 0 Å². The Hall–Kier alpha value is -1.61. The highest BCUT2D eigenvalue weighted by Gasteiger charge is 2.14. The predicted molar refractivity (Wildman–Crippen MR) is 65.2 cm³/mol. The molecule has 2 aromatic rings. The van der Waals surface area contributed by atoms with E-state index < -0.39 is 0 Å². The maximum absolute atomic E-state index is 13.6. The number of benzene rings is 1. The highest BCUT2D eigenvalue weighted by atomic mass is 19.1. The van der Waals surface area contributed by atoms with Gasteiger partial charge in [0.2, 0.25) is 0 Å². The summed E-state index contributed by atoms with van der Waals surface area (Å²) in [6, 6.07) is 8.88. The van der Waals surface area contributed by atoms with Crippen molar-refractivity contribution in [3.63, 3.8) is 0 Å². The second-order valence-electron chi connectivity index (χ2n) is 3.96. The summed E-state index contributed by atoms with van der Waals surface area (Å²) >= 11 is 0. The first-order chi connectivity index (χ1) is 8.31. The summed E-state index contributed by atoms with van der Waals surface area (Å²) < 4.78 is 18.7. The Balaban J connectivity index is 2.16. The Labute approximate surface area is 100 Å². The van der Waals surface area contributed by atoms with Crippen molar-refractivity contribution in [2.45, 2.75) is 19.4 Å². The lowest BCUT2D eigenvalue weighted by atomic mass is 10.0. The summed E-state index contributed by atoms with van der Waals surface area (Å²) in [6.45, 7) is 2.87. The van der Waals surface area contributed by atoms with Crippen LogP contribution in [-0.4, -0.2) is 6.54 Å². The molecule has 2 rings (SSSR count). The number of halogens is 1. The van der Waals surface area contributed by atoms with Crippen molar-refractivity contribution in [3.05, 3.63) is 59.8 Å². The molecule has 0 bridgehead atoms. The molecule has 0 saturated carbocycles. The monoisotopic (exact) mass is 233 g/mol. The molecule has 0 aliphatic rings. The second-order valence-corrected chi connectivity index (χ2v) is 3.96. The quantitative estimate of drug-likeness (QED) is 0.857. The normalized spacial score (nSPS) is 12.6. The zero-order chi connectivity index (χ0) is 12.1. The Morgan fingerprint density at radius 1 is 1.29 bits per heavy atom. The van der Waals surface area contributed by atoms with Crippen molar-refractivity contribution in [3.8, 4) is 0 Å². The summed E-state index contributed by atoms with van der Waals surface area (Å²) in [5.74, 6) is -0.154. The molecule has 90 valence electrons. The average Bonchev–Trinajstić information content (AvgIpc) is 2.85. The fourth-order valence-electron chi connectivity index (χ4n) is 1.91. The van der Waals surface area contributed by atoms with Crippen LogP contribution in [0.3, 0.4) is 0 Å². The van der Waals surface area contributed by atoms with Gasteiger partial charge < -0.3 is 9.73 Å². The van der Waals surface area contributed by atoms with Crippen molar-refractivity contribution in [2.75, 3.05) is 6.54 Å². The van der Waals surface area contributed by atoms with Crippen LogP contribution in [-0.2, 0) is 6.42 Å². The van der Waals surface area contributed by atoms with Gasteiger partial charge >= 0.3 is 0 Å². The standard InChI is InChI=1S/C14H16FNO/c1-2-16-14(12-7-8-17-10-12)9-11-5-3-4-6-13(11)15/h3-8,10,14,16H,2,9H2,1H3. The van der Waals surface area contributed by atoms with E-state index in [1.807, 2.05) is 25.1 Å². The van der Waals surface area contributed by atoms with E-state index in [1.165, 1.54) is 6.07 Å². The third kappa shape index (κ3) is 2.94. The average molecular weight is 233 g/mol. The van der Waals surface area contributed by atoms with Gasteiger partial charge in [0.05, 0.1) is 12.5 Å². The minimum atomic E-state index is -0.154. The summed E-state index contributed by atoms with van der Waals surface area (Å²) in [5, 5.41) is 3.33. The Morgan fingerprint density at radius 3 is 2.76 bits per heavy atom. The van der Waals surface area contributed by atoms with Crippen LogP contribution in [0.4, 0.5) is 4.39 Å². The van der Waals surface area contributed by atoms with Crippen LogP contribution in [0.25, 0.3) is 0 Å². The molecule has 1 atom stereocenters. The fraction of sp³-hybridized carbons (Fsp3) is 0.286. The van der Waals surface area contributed by atoms with Gasteiger partial charge in [-0.1, -0.05) is 25.1 Å². The minimum Gasteiger partial charge on any atom is -0.472 e. The van der Waals surface area contributed by atoms with E-state index in [2.05, 4.69) is 5.32 Å². The topological polar surface area (TPSA) is 25.2 Å². The van der Waals surface area contributed by atoms with Gasteiger partial charge in [-0.05, 0) is 30.7 Å². The number of likely N-dealkylation sites (N-methyl/N-ethyl adjacent to an activating group) is 1. The maximum atomic E-state index is 13.6. The molecule has 1 N–H and O–H groups in total. The van der Waals surface area contributed by atoms with Gasteiger partial charge in [0.1, 0.15) is 5.82 Å². The van der Waals surface area contributed by atoms with Crippen molar-refractivity contribution in [1.82, 2.24) is 5.32 Å². The molecule has 0 amide bonds. The molecule has 0 aliphatic carbocycles.